The van der Waals surface area contributed by atoms with Gasteiger partial charge in [-0.1, -0.05) is 29.3 Å². The molecule has 0 unspecified atom stereocenters. The van der Waals surface area contributed by atoms with Gasteiger partial charge in [-0.25, -0.2) is 13.1 Å². The molecule has 1 heterocycles. The van der Waals surface area contributed by atoms with Crippen LogP contribution < -0.4 is 10.5 Å². The number of hydrogen-bond donors (Lipinski definition) is 2. The summed E-state index contributed by atoms with van der Waals surface area (Å²) in [5.74, 6) is 0. The second kappa shape index (κ2) is 6.62. The first-order chi connectivity index (χ1) is 9.92. The molecule has 0 saturated carbocycles. The molecule has 0 bridgehead atoms. The highest BCUT2D eigenvalue weighted by Gasteiger charge is 2.20. The maximum atomic E-state index is 12.2. The van der Waals surface area contributed by atoms with Gasteiger partial charge in [0.1, 0.15) is 4.90 Å². The van der Waals surface area contributed by atoms with Gasteiger partial charge in [-0.15, -0.1) is 0 Å². The molecule has 21 heavy (non-hydrogen) atoms. The summed E-state index contributed by atoms with van der Waals surface area (Å²) in [6, 6.07) is 6.39. The number of aromatic nitrogens is 1. The maximum Gasteiger partial charge on any atom is 0.242 e. The van der Waals surface area contributed by atoms with Gasteiger partial charge in [0, 0.05) is 18.9 Å². The number of halogens is 2. The van der Waals surface area contributed by atoms with E-state index in [9.17, 15) is 8.42 Å². The highest BCUT2D eigenvalue weighted by atomic mass is 35.5. The van der Waals surface area contributed by atoms with E-state index in [1.54, 1.807) is 18.5 Å². The number of rotatable bonds is 5. The highest BCUT2D eigenvalue weighted by Crippen LogP contribution is 2.32. The fraction of sp³-hybridized carbons (Fsp3) is 0.154. The average Bonchev–Trinajstić information content (AvgIpc) is 2.45. The zero-order chi connectivity index (χ0) is 15.5. The molecule has 1 aromatic carbocycles. The Labute approximate surface area is 133 Å². The summed E-state index contributed by atoms with van der Waals surface area (Å²) in [7, 11) is -3.74. The molecule has 2 rings (SSSR count). The molecule has 112 valence electrons. The van der Waals surface area contributed by atoms with Crippen LogP contribution in [0.15, 0.2) is 41.6 Å². The number of nitrogens with two attached hydrogens (primary N) is 1. The van der Waals surface area contributed by atoms with Crippen LogP contribution in [0.5, 0.6) is 0 Å². The largest absolute Gasteiger partial charge is 0.396 e. The van der Waals surface area contributed by atoms with E-state index in [2.05, 4.69) is 9.71 Å². The molecule has 0 aliphatic carbocycles. The Kier molecular flexibility index (Phi) is 5.05. The van der Waals surface area contributed by atoms with Crippen LogP contribution >= 0.6 is 23.2 Å². The number of sulfonamides is 1. The Balaban J connectivity index is 2.11. The van der Waals surface area contributed by atoms with E-state index in [-0.39, 0.29) is 27.2 Å². The summed E-state index contributed by atoms with van der Waals surface area (Å²) in [6.07, 6.45) is 3.86. The lowest BCUT2D eigenvalue weighted by atomic mass is 10.2. The van der Waals surface area contributed by atoms with Crippen molar-refractivity contribution >= 4 is 38.9 Å². The van der Waals surface area contributed by atoms with Gasteiger partial charge in [-0.3, -0.25) is 4.98 Å². The van der Waals surface area contributed by atoms with Crippen LogP contribution in [-0.2, 0) is 16.4 Å². The monoisotopic (exact) mass is 345 g/mol. The summed E-state index contributed by atoms with van der Waals surface area (Å²) >= 11 is 11.7. The smallest absolute Gasteiger partial charge is 0.242 e. The number of anilines is 1. The molecule has 8 heteroatoms. The first kappa shape index (κ1) is 16.0. The molecule has 0 spiro atoms. The lowest BCUT2D eigenvalue weighted by Gasteiger charge is -2.10. The second-order valence-corrected chi connectivity index (χ2v) is 6.80. The predicted octanol–water partition coefficient (Wildman–Crippen LogP) is 2.49. The number of benzene rings is 1. The van der Waals surface area contributed by atoms with Crippen molar-refractivity contribution in [1.82, 2.24) is 9.71 Å². The molecule has 1 aromatic heterocycles. The van der Waals surface area contributed by atoms with Crippen molar-refractivity contribution in [2.24, 2.45) is 0 Å². The van der Waals surface area contributed by atoms with Gasteiger partial charge in [0.15, 0.2) is 0 Å². The molecular weight excluding hydrogens is 333 g/mol. The Hall–Kier alpha value is -1.34. The molecule has 5 nitrogen and oxygen atoms in total. The van der Waals surface area contributed by atoms with Gasteiger partial charge in [0.05, 0.1) is 15.7 Å². The fourth-order valence-electron chi connectivity index (χ4n) is 1.71. The van der Waals surface area contributed by atoms with Crippen LogP contribution in [0.2, 0.25) is 10.0 Å². The van der Waals surface area contributed by atoms with Crippen molar-refractivity contribution in [3.8, 4) is 0 Å². The van der Waals surface area contributed by atoms with E-state index >= 15 is 0 Å². The normalized spacial score (nSPS) is 11.5. The Bertz CT molecular complexity index is 737. The fourth-order valence-corrected chi connectivity index (χ4v) is 3.51. The molecule has 0 aliphatic heterocycles. The Morgan fingerprint density at radius 1 is 1.24 bits per heavy atom. The minimum absolute atomic E-state index is 0.0495. The van der Waals surface area contributed by atoms with Crippen molar-refractivity contribution in [1.29, 1.82) is 0 Å². The number of pyridine rings is 1. The van der Waals surface area contributed by atoms with Crippen LogP contribution in [0.1, 0.15) is 5.56 Å². The quantitative estimate of drug-likeness (QED) is 0.815. The summed E-state index contributed by atoms with van der Waals surface area (Å²) in [6.45, 7) is 0.229. The van der Waals surface area contributed by atoms with Crippen molar-refractivity contribution in [3.63, 3.8) is 0 Å². The van der Waals surface area contributed by atoms with Crippen LogP contribution in [0.4, 0.5) is 5.69 Å². The molecule has 2 aromatic rings. The third-order valence-electron chi connectivity index (χ3n) is 2.81. The zero-order valence-corrected chi connectivity index (χ0v) is 13.2. The van der Waals surface area contributed by atoms with Gasteiger partial charge >= 0.3 is 0 Å². The van der Waals surface area contributed by atoms with Crippen molar-refractivity contribution in [2.75, 3.05) is 12.3 Å². The van der Waals surface area contributed by atoms with Crippen LogP contribution in [-0.4, -0.2) is 19.9 Å². The van der Waals surface area contributed by atoms with Crippen LogP contribution in [0, 0.1) is 0 Å². The summed E-state index contributed by atoms with van der Waals surface area (Å²) in [5, 5.41) is 0.144. The summed E-state index contributed by atoms with van der Waals surface area (Å²) < 4.78 is 26.9. The number of hydrogen-bond acceptors (Lipinski definition) is 4. The third-order valence-corrected chi connectivity index (χ3v) is 5.16. The van der Waals surface area contributed by atoms with E-state index in [1.165, 1.54) is 12.1 Å². The lowest BCUT2D eigenvalue weighted by Crippen LogP contribution is -2.26. The predicted molar refractivity (Wildman–Crippen MR) is 84.0 cm³/mol. The minimum atomic E-state index is -3.74. The number of nitrogens with zero attached hydrogens (tertiary/aromatic N) is 1. The van der Waals surface area contributed by atoms with Gasteiger partial charge in [-0.2, -0.15) is 0 Å². The standard InChI is InChI=1S/C13H13Cl2N3O2S/c14-10-3-4-11(12(15)13(10)16)21(19,20)18-7-5-9-2-1-6-17-8-9/h1-4,6,8,18H,5,7,16H2. The lowest BCUT2D eigenvalue weighted by molar-refractivity contribution is 0.581. The summed E-state index contributed by atoms with van der Waals surface area (Å²) in [4.78, 5) is 3.88. The van der Waals surface area contributed by atoms with Gasteiger partial charge in [0.2, 0.25) is 10.0 Å². The van der Waals surface area contributed by atoms with Crippen molar-refractivity contribution < 1.29 is 8.42 Å². The number of nitrogen functional groups attached to an aromatic ring is 1. The van der Waals surface area contributed by atoms with E-state index in [1.807, 2.05) is 6.07 Å². The minimum Gasteiger partial charge on any atom is -0.396 e. The van der Waals surface area contributed by atoms with Gasteiger partial charge in [0.25, 0.3) is 0 Å². The highest BCUT2D eigenvalue weighted by molar-refractivity contribution is 7.89. The average molecular weight is 346 g/mol. The van der Waals surface area contributed by atoms with Crippen LogP contribution in [0.25, 0.3) is 0 Å². The van der Waals surface area contributed by atoms with Crippen LogP contribution in [0.3, 0.4) is 0 Å². The molecule has 0 aliphatic rings. The third kappa shape index (κ3) is 3.85. The molecule has 0 radical (unpaired) electrons. The molecular formula is C13H13Cl2N3O2S. The van der Waals surface area contributed by atoms with Crippen molar-refractivity contribution in [3.05, 3.63) is 52.3 Å². The molecule has 0 atom stereocenters. The molecule has 0 saturated heterocycles. The zero-order valence-electron chi connectivity index (χ0n) is 10.9. The summed E-state index contributed by atoms with van der Waals surface area (Å²) in [5.41, 5.74) is 6.62. The van der Waals surface area contributed by atoms with E-state index in [0.717, 1.165) is 5.56 Å². The molecule has 0 fully saturated rings. The Morgan fingerprint density at radius 2 is 2.00 bits per heavy atom. The first-order valence-electron chi connectivity index (χ1n) is 6.04. The SMILES string of the molecule is Nc1c(Cl)ccc(S(=O)(=O)NCCc2cccnc2)c1Cl. The van der Waals surface area contributed by atoms with Crippen molar-refractivity contribution in [2.45, 2.75) is 11.3 Å². The van der Waals surface area contributed by atoms with Gasteiger partial charge < -0.3 is 5.73 Å². The molecule has 3 N–H and O–H groups in total. The second-order valence-electron chi connectivity index (χ2n) is 4.28. The first-order valence-corrected chi connectivity index (χ1v) is 8.28. The van der Waals surface area contributed by atoms with E-state index in [0.29, 0.717) is 6.42 Å². The number of nitrogens with one attached hydrogen (secondary N) is 1. The van der Waals surface area contributed by atoms with E-state index in [4.69, 9.17) is 28.9 Å². The Morgan fingerprint density at radius 3 is 2.67 bits per heavy atom. The molecule has 0 amide bonds. The van der Waals surface area contributed by atoms with Gasteiger partial charge in [-0.05, 0) is 30.2 Å². The van der Waals surface area contributed by atoms with E-state index < -0.39 is 10.0 Å². The maximum absolute atomic E-state index is 12.2. The topological polar surface area (TPSA) is 85.1 Å².